The van der Waals surface area contributed by atoms with E-state index >= 15 is 0 Å². The Kier molecular flexibility index (Phi) is 7.50. The first kappa shape index (κ1) is 18.6. The first-order chi connectivity index (χ1) is 10.1. The Balaban J connectivity index is 0.00000242. The molecule has 1 saturated heterocycles. The minimum Gasteiger partial charge on any atom is -0.489 e. The molecule has 124 valence electrons. The molecule has 0 saturated carbocycles. The van der Waals surface area contributed by atoms with Crippen LogP contribution in [0.3, 0.4) is 0 Å². The molecule has 1 amide bonds. The summed E-state index contributed by atoms with van der Waals surface area (Å²) in [5.74, 6) is -1.72. The highest BCUT2D eigenvalue weighted by atomic mass is 35.5. The van der Waals surface area contributed by atoms with E-state index in [0.29, 0.717) is 13.0 Å². The molecule has 0 spiro atoms. The van der Waals surface area contributed by atoms with Gasteiger partial charge in [-0.2, -0.15) is 0 Å². The predicted octanol–water partition coefficient (Wildman–Crippen LogP) is 1.39. The Morgan fingerprint density at radius 2 is 2.18 bits per heavy atom. The lowest BCUT2D eigenvalue weighted by Gasteiger charge is -2.13. The fourth-order valence-corrected chi connectivity index (χ4v) is 2.11. The van der Waals surface area contributed by atoms with E-state index in [1.54, 1.807) is 0 Å². The van der Waals surface area contributed by atoms with Gasteiger partial charge in [0.05, 0.1) is 12.6 Å². The van der Waals surface area contributed by atoms with Gasteiger partial charge in [0.2, 0.25) is 5.91 Å². The van der Waals surface area contributed by atoms with Crippen molar-refractivity contribution >= 4 is 18.3 Å². The number of nitrogens with one attached hydrogen (secondary N) is 1. The number of ether oxygens (including phenoxy) is 2. The Morgan fingerprint density at radius 3 is 2.82 bits per heavy atom. The zero-order valence-electron chi connectivity index (χ0n) is 11.9. The van der Waals surface area contributed by atoms with Crippen LogP contribution in [-0.4, -0.2) is 37.8 Å². The molecule has 1 aliphatic rings. The minimum atomic E-state index is -0.772. The van der Waals surface area contributed by atoms with Gasteiger partial charge < -0.3 is 20.5 Å². The highest BCUT2D eigenvalue weighted by Gasteiger charge is 2.29. The zero-order valence-corrected chi connectivity index (χ0v) is 12.7. The van der Waals surface area contributed by atoms with Gasteiger partial charge in [-0.25, -0.2) is 8.78 Å². The van der Waals surface area contributed by atoms with Crippen molar-refractivity contribution in [2.75, 3.05) is 19.7 Å². The molecule has 5 nitrogen and oxygen atoms in total. The Hall–Kier alpha value is -1.44. The normalized spacial score (nSPS) is 20.3. The molecule has 0 aliphatic carbocycles. The molecular formula is C14H19ClF2N2O3. The SMILES string of the molecule is Cl.NC[C@H]1CC[C@@H](C(=O)NCCOc2ccc(F)cc2F)O1. The first-order valence-electron chi connectivity index (χ1n) is 6.81. The summed E-state index contributed by atoms with van der Waals surface area (Å²) in [4.78, 5) is 11.8. The molecule has 0 radical (unpaired) electrons. The van der Waals surface area contributed by atoms with Gasteiger partial charge in [-0.3, -0.25) is 4.79 Å². The molecule has 0 unspecified atom stereocenters. The lowest BCUT2D eigenvalue weighted by atomic mass is 10.2. The van der Waals surface area contributed by atoms with Crippen LogP contribution in [0.1, 0.15) is 12.8 Å². The van der Waals surface area contributed by atoms with Crippen LogP contribution in [0, 0.1) is 11.6 Å². The minimum absolute atomic E-state index is 0. The van der Waals surface area contributed by atoms with Crippen molar-refractivity contribution in [2.45, 2.75) is 25.0 Å². The van der Waals surface area contributed by atoms with E-state index in [1.165, 1.54) is 6.07 Å². The molecule has 1 heterocycles. The second kappa shape index (κ2) is 8.87. The molecule has 8 heteroatoms. The maximum atomic E-state index is 13.3. The zero-order chi connectivity index (χ0) is 15.2. The number of benzene rings is 1. The number of hydrogen-bond donors (Lipinski definition) is 2. The Labute approximate surface area is 133 Å². The van der Waals surface area contributed by atoms with Gasteiger partial charge in [0, 0.05) is 12.6 Å². The largest absolute Gasteiger partial charge is 0.489 e. The van der Waals surface area contributed by atoms with Crippen molar-refractivity contribution < 1.29 is 23.0 Å². The lowest BCUT2D eigenvalue weighted by Crippen LogP contribution is -2.37. The average Bonchev–Trinajstić information content (AvgIpc) is 2.94. The Morgan fingerprint density at radius 1 is 1.41 bits per heavy atom. The van der Waals surface area contributed by atoms with Gasteiger partial charge in [0.1, 0.15) is 18.5 Å². The van der Waals surface area contributed by atoms with E-state index < -0.39 is 17.7 Å². The number of amides is 1. The van der Waals surface area contributed by atoms with E-state index in [4.69, 9.17) is 15.2 Å². The molecular weight excluding hydrogens is 318 g/mol. The third-order valence-electron chi connectivity index (χ3n) is 3.22. The van der Waals surface area contributed by atoms with Gasteiger partial charge in [-0.15, -0.1) is 12.4 Å². The van der Waals surface area contributed by atoms with Crippen molar-refractivity contribution in [1.82, 2.24) is 5.32 Å². The van der Waals surface area contributed by atoms with Gasteiger partial charge >= 0.3 is 0 Å². The predicted molar refractivity (Wildman–Crippen MR) is 79.1 cm³/mol. The summed E-state index contributed by atoms with van der Waals surface area (Å²) in [6.07, 6.45) is 0.860. The first-order valence-corrected chi connectivity index (χ1v) is 6.81. The summed E-state index contributed by atoms with van der Waals surface area (Å²) in [5, 5.41) is 2.64. The number of halogens is 3. The van der Waals surface area contributed by atoms with E-state index in [-0.39, 0.29) is 43.3 Å². The summed E-state index contributed by atoms with van der Waals surface area (Å²) in [5.41, 5.74) is 5.47. The van der Waals surface area contributed by atoms with Crippen molar-refractivity contribution in [1.29, 1.82) is 0 Å². The monoisotopic (exact) mass is 336 g/mol. The van der Waals surface area contributed by atoms with Crippen LogP contribution in [0.4, 0.5) is 8.78 Å². The highest BCUT2D eigenvalue weighted by Crippen LogP contribution is 2.19. The fourth-order valence-electron chi connectivity index (χ4n) is 2.11. The average molecular weight is 337 g/mol. The van der Waals surface area contributed by atoms with E-state index in [9.17, 15) is 13.6 Å². The molecule has 2 atom stereocenters. The second-order valence-electron chi connectivity index (χ2n) is 4.77. The van der Waals surface area contributed by atoms with Crippen LogP contribution in [0.25, 0.3) is 0 Å². The molecule has 2 rings (SSSR count). The van der Waals surface area contributed by atoms with Crippen LogP contribution in [0.5, 0.6) is 5.75 Å². The summed E-state index contributed by atoms with van der Waals surface area (Å²) in [6, 6.07) is 3.06. The second-order valence-corrected chi connectivity index (χ2v) is 4.77. The van der Waals surface area contributed by atoms with Crippen LogP contribution in [-0.2, 0) is 9.53 Å². The van der Waals surface area contributed by atoms with Crippen LogP contribution in [0.15, 0.2) is 18.2 Å². The topological polar surface area (TPSA) is 73.6 Å². The third kappa shape index (κ3) is 5.08. The van der Waals surface area contributed by atoms with Crippen LogP contribution in [0.2, 0.25) is 0 Å². The highest BCUT2D eigenvalue weighted by molar-refractivity contribution is 5.85. The molecule has 0 bridgehead atoms. The van der Waals surface area contributed by atoms with Crippen molar-refractivity contribution in [3.63, 3.8) is 0 Å². The molecule has 22 heavy (non-hydrogen) atoms. The van der Waals surface area contributed by atoms with Crippen molar-refractivity contribution in [3.05, 3.63) is 29.8 Å². The van der Waals surface area contributed by atoms with Crippen molar-refractivity contribution in [2.24, 2.45) is 5.73 Å². The van der Waals surface area contributed by atoms with E-state index in [2.05, 4.69) is 5.32 Å². The van der Waals surface area contributed by atoms with Gasteiger partial charge in [0.25, 0.3) is 0 Å². The molecule has 1 aliphatic heterocycles. The lowest BCUT2D eigenvalue weighted by molar-refractivity contribution is -0.131. The summed E-state index contributed by atoms with van der Waals surface area (Å²) < 4.78 is 36.6. The maximum absolute atomic E-state index is 13.3. The van der Waals surface area contributed by atoms with E-state index in [0.717, 1.165) is 18.6 Å². The number of carbonyl (C=O) groups is 1. The fraction of sp³-hybridized carbons (Fsp3) is 0.500. The quantitative estimate of drug-likeness (QED) is 0.770. The number of nitrogens with two attached hydrogens (primary N) is 1. The van der Waals surface area contributed by atoms with E-state index in [1.807, 2.05) is 0 Å². The summed E-state index contributed by atoms with van der Waals surface area (Å²) >= 11 is 0. The smallest absolute Gasteiger partial charge is 0.249 e. The molecule has 1 fully saturated rings. The van der Waals surface area contributed by atoms with Gasteiger partial charge in [-0.1, -0.05) is 0 Å². The summed E-state index contributed by atoms with van der Waals surface area (Å²) in [7, 11) is 0. The van der Waals surface area contributed by atoms with Gasteiger partial charge in [-0.05, 0) is 25.0 Å². The molecule has 0 aromatic heterocycles. The van der Waals surface area contributed by atoms with Crippen LogP contribution < -0.4 is 15.8 Å². The number of hydrogen-bond acceptors (Lipinski definition) is 4. The molecule has 1 aromatic rings. The molecule has 1 aromatic carbocycles. The third-order valence-corrected chi connectivity index (χ3v) is 3.22. The van der Waals surface area contributed by atoms with Crippen molar-refractivity contribution in [3.8, 4) is 5.75 Å². The van der Waals surface area contributed by atoms with Crippen LogP contribution >= 0.6 is 12.4 Å². The Bertz CT molecular complexity index is 505. The number of carbonyl (C=O) groups excluding carboxylic acids is 1. The van der Waals surface area contributed by atoms with Gasteiger partial charge in [0.15, 0.2) is 11.6 Å². The number of rotatable bonds is 6. The summed E-state index contributed by atoms with van der Waals surface area (Å²) in [6.45, 7) is 0.695. The molecule has 3 N–H and O–H groups in total. The maximum Gasteiger partial charge on any atom is 0.249 e. The standard InChI is InChI=1S/C14H18F2N2O3.ClH/c15-9-1-3-12(11(16)7-9)20-6-5-18-14(19)13-4-2-10(8-17)21-13;/h1,3,7,10,13H,2,4-6,8,17H2,(H,18,19);1H/t10-,13+;/m1./s1.